The van der Waals surface area contributed by atoms with Crippen molar-refractivity contribution in [2.75, 3.05) is 11.9 Å². The molecule has 1 aromatic rings. The fraction of sp³-hybridized carbons (Fsp3) is 0.500. The van der Waals surface area contributed by atoms with Gasteiger partial charge in [-0.1, -0.05) is 22.9 Å². The summed E-state index contributed by atoms with van der Waals surface area (Å²) in [5.41, 5.74) is 1.61. The SMILES string of the molecule is CCC1CCCCN1C(=O)C(=O)Nc1ccc(Br)cc1C. The van der Waals surface area contributed by atoms with Crippen LogP contribution in [0.3, 0.4) is 0 Å². The van der Waals surface area contributed by atoms with Gasteiger partial charge in [-0.3, -0.25) is 9.59 Å². The van der Waals surface area contributed by atoms with Gasteiger partial charge in [-0.15, -0.1) is 0 Å². The number of piperidine rings is 1. The minimum atomic E-state index is -0.541. The van der Waals surface area contributed by atoms with E-state index in [1.807, 2.05) is 19.1 Å². The van der Waals surface area contributed by atoms with Crippen LogP contribution in [0.15, 0.2) is 22.7 Å². The van der Waals surface area contributed by atoms with Crippen LogP contribution in [-0.2, 0) is 9.59 Å². The fourth-order valence-electron chi connectivity index (χ4n) is 2.77. The molecule has 1 aliphatic heterocycles. The zero-order valence-electron chi connectivity index (χ0n) is 12.5. The molecule has 0 spiro atoms. The monoisotopic (exact) mass is 352 g/mol. The van der Waals surface area contributed by atoms with Crippen molar-refractivity contribution in [3.63, 3.8) is 0 Å². The molecule has 1 aliphatic rings. The Morgan fingerprint density at radius 1 is 1.38 bits per heavy atom. The first kappa shape index (κ1) is 16.0. The van der Waals surface area contributed by atoms with Crippen LogP contribution in [0.5, 0.6) is 0 Å². The summed E-state index contributed by atoms with van der Waals surface area (Å²) in [5.74, 6) is -0.954. The van der Waals surface area contributed by atoms with E-state index >= 15 is 0 Å². The Hall–Kier alpha value is -1.36. The Morgan fingerprint density at radius 3 is 2.81 bits per heavy atom. The highest BCUT2D eigenvalue weighted by Gasteiger charge is 2.29. The van der Waals surface area contributed by atoms with Crippen molar-refractivity contribution in [1.82, 2.24) is 4.90 Å². The molecule has 0 radical (unpaired) electrons. The average Bonchev–Trinajstić information content (AvgIpc) is 2.49. The maximum absolute atomic E-state index is 12.4. The lowest BCUT2D eigenvalue weighted by Gasteiger charge is -2.34. The molecule has 21 heavy (non-hydrogen) atoms. The van der Waals surface area contributed by atoms with Gasteiger partial charge in [0.15, 0.2) is 0 Å². The number of anilines is 1. The molecule has 4 nitrogen and oxygen atoms in total. The second-order valence-corrected chi connectivity index (χ2v) is 6.39. The predicted molar refractivity (Wildman–Crippen MR) is 87.2 cm³/mol. The molecule has 0 aliphatic carbocycles. The summed E-state index contributed by atoms with van der Waals surface area (Å²) in [4.78, 5) is 26.3. The molecule has 1 unspecified atom stereocenters. The van der Waals surface area contributed by atoms with Crippen LogP contribution < -0.4 is 5.32 Å². The topological polar surface area (TPSA) is 49.4 Å². The Balaban J connectivity index is 2.06. The summed E-state index contributed by atoms with van der Waals surface area (Å²) in [5, 5.41) is 2.73. The third-order valence-corrected chi connectivity index (χ3v) is 4.48. The van der Waals surface area contributed by atoms with Crippen LogP contribution in [0.2, 0.25) is 0 Å². The predicted octanol–water partition coefficient (Wildman–Crippen LogP) is 3.49. The number of halogens is 1. The lowest BCUT2D eigenvalue weighted by molar-refractivity contribution is -0.145. The number of carbonyl (C=O) groups excluding carboxylic acids is 2. The van der Waals surface area contributed by atoms with Gasteiger partial charge in [0.25, 0.3) is 0 Å². The number of nitrogens with zero attached hydrogens (tertiary/aromatic N) is 1. The molecule has 1 saturated heterocycles. The molecule has 1 heterocycles. The third kappa shape index (κ3) is 3.84. The first-order valence-electron chi connectivity index (χ1n) is 7.41. The normalized spacial score (nSPS) is 18.4. The Kier molecular flexibility index (Phi) is 5.39. The molecule has 1 atom stereocenters. The first-order valence-corrected chi connectivity index (χ1v) is 8.20. The molecule has 1 fully saturated rings. The maximum atomic E-state index is 12.4. The quantitative estimate of drug-likeness (QED) is 0.828. The van der Waals surface area contributed by atoms with Crippen LogP contribution in [0, 0.1) is 6.92 Å². The first-order chi connectivity index (χ1) is 10.0. The van der Waals surface area contributed by atoms with Crippen molar-refractivity contribution in [3.8, 4) is 0 Å². The molecule has 0 aromatic heterocycles. The number of hydrogen-bond donors (Lipinski definition) is 1. The molecule has 5 heteroatoms. The lowest BCUT2D eigenvalue weighted by Crippen LogP contribution is -2.48. The van der Waals surface area contributed by atoms with E-state index in [0.29, 0.717) is 12.2 Å². The molecule has 2 amide bonds. The zero-order valence-corrected chi connectivity index (χ0v) is 14.1. The van der Waals surface area contributed by atoms with E-state index < -0.39 is 11.8 Å². The number of rotatable bonds is 2. The van der Waals surface area contributed by atoms with Crippen LogP contribution in [0.25, 0.3) is 0 Å². The second kappa shape index (κ2) is 7.07. The number of aryl methyl sites for hydroxylation is 1. The zero-order chi connectivity index (χ0) is 15.4. The van der Waals surface area contributed by atoms with Gasteiger partial charge in [-0.2, -0.15) is 0 Å². The molecule has 1 aromatic carbocycles. The van der Waals surface area contributed by atoms with Gasteiger partial charge in [0.2, 0.25) is 0 Å². The average molecular weight is 353 g/mol. The standard InChI is InChI=1S/C16H21BrN2O2/c1-3-13-6-4-5-9-19(13)16(21)15(20)18-14-8-7-12(17)10-11(14)2/h7-8,10,13H,3-6,9H2,1-2H3,(H,18,20). The highest BCUT2D eigenvalue weighted by Crippen LogP contribution is 2.22. The van der Waals surface area contributed by atoms with Gasteiger partial charge in [0.05, 0.1) is 0 Å². The molecular weight excluding hydrogens is 332 g/mol. The van der Waals surface area contributed by atoms with Gasteiger partial charge < -0.3 is 10.2 Å². The van der Waals surface area contributed by atoms with Gasteiger partial charge in [-0.05, 0) is 56.4 Å². The van der Waals surface area contributed by atoms with Gasteiger partial charge >= 0.3 is 11.8 Å². The smallest absolute Gasteiger partial charge is 0.313 e. The minimum absolute atomic E-state index is 0.197. The van der Waals surface area contributed by atoms with Crippen molar-refractivity contribution in [2.24, 2.45) is 0 Å². The van der Waals surface area contributed by atoms with Crippen LogP contribution in [-0.4, -0.2) is 29.3 Å². The Labute approximate surface area is 134 Å². The van der Waals surface area contributed by atoms with Crippen molar-refractivity contribution < 1.29 is 9.59 Å². The van der Waals surface area contributed by atoms with Crippen molar-refractivity contribution in [3.05, 3.63) is 28.2 Å². The Morgan fingerprint density at radius 2 is 2.14 bits per heavy atom. The number of amides is 2. The molecular formula is C16H21BrN2O2. The number of likely N-dealkylation sites (tertiary alicyclic amines) is 1. The van der Waals surface area contributed by atoms with Crippen LogP contribution in [0.1, 0.15) is 38.2 Å². The van der Waals surface area contributed by atoms with E-state index in [0.717, 1.165) is 35.7 Å². The molecule has 2 rings (SSSR count). The summed E-state index contributed by atoms with van der Waals surface area (Å²) in [7, 11) is 0. The van der Waals surface area contributed by atoms with Gasteiger partial charge in [0, 0.05) is 22.7 Å². The van der Waals surface area contributed by atoms with E-state index in [2.05, 4.69) is 28.2 Å². The van der Waals surface area contributed by atoms with Crippen LogP contribution in [0.4, 0.5) is 5.69 Å². The minimum Gasteiger partial charge on any atom is -0.331 e. The fourth-order valence-corrected chi connectivity index (χ4v) is 3.24. The number of benzene rings is 1. The highest BCUT2D eigenvalue weighted by atomic mass is 79.9. The summed E-state index contributed by atoms with van der Waals surface area (Å²) >= 11 is 3.38. The van der Waals surface area contributed by atoms with E-state index in [1.54, 1.807) is 11.0 Å². The summed E-state index contributed by atoms with van der Waals surface area (Å²) < 4.78 is 0.950. The molecule has 0 saturated carbocycles. The Bertz CT molecular complexity index is 545. The van der Waals surface area contributed by atoms with E-state index in [1.165, 1.54) is 0 Å². The second-order valence-electron chi connectivity index (χ2n) is 5.47. The van der Waals surface area contributed by atoms with Crippen molar-refractivity contribution >= 4 is 33.4 Å². The third-order valence-electron chi connectivity index (χ3n) is 3.99. The van der Waals surface area contributed by atoms with Crippen LogP contribution >= 0.6 is 15.9 Å². The number of carbonyl (C=O) groups is 2. The van der Waals surface area contributed by atoms with Gasteiger partial charge in [-0.25, -0.2) is 0 Å². The van der Waals surface area contributed by atoms with E-state index in [9.17, 15) is 9.59 Å². The van der Waals surface area contributed by atoms with E-state index in [4.69, 9.17) is 0 Å². The summed E-state index contributed by atoms with van der Waals surface area (Å²) in [6.07, 6.45) is 4.01. The van der Waals surface area contributed by atoms with Gasteiger partial charge in [0.1, 0.15) is 0 Å². The molecule has 0 bridgehead atoms. The van der Waals surface area contributed by atoms with Crippen molar-refractivity contribution in [1.29, 1.82) is 0 Å². The molecule has 114 valence electrons. The highest BCUT2D eigenvalue weighted by molar-refractivity contribution is 9.10. The summed E-state index contributed by atoms with van der Waals surface area (Å²) in [6.45, 7) is 4.65. The largest absolute Gasteiger partial charge is 0.331 e. The summed E-state index contributed by atoms with van der Waals surface area (Å²) in [6, 6.07) is 5.76. The maximum Gasteiger partial charge on any atom is 0.313 e. The number of nitrogens with one attached hydrogen (secondary N) is 1. The number of hydrogen-bond acceptors (Lipinski definition) is 2. The van der Waals surface area contributed by atoms with E-state index in [-0.39, 0.29) is 6.04 Å². The van der Waals surface area contributed by atoms with Crippen molar-refractivity contribution in [2.45, 2.75) is 45.6 Å². The lowest BCUT2D eigenvalue weighted by atomic mass is 10.00. The molecule has 1 N–H and O–H groups in total.